The van der Waals surface area contributed by atoms with E-state index >= 15 is 0 Å². The second-order valence-corrected chi connectivity index (χ2v) is 9.67. The van der Waals surface area contributed by atoms with E-state index < -0.39 is 21.5 Å². The highest BCUT2D eigenvalue weighted by Gasteiger charge is 2.51. The van der Waals surface area contributed by atoms with Crippen molar-refractivity contribution in [3.05, 3.63) is 42.5 Å². The summed E-state index contributed by atoms with van der Waals surface area (Å²) >= 11 is 0. The Bertz CT molecular complexity index is 930. The van der Waals surface area contributed by atoms with Crippen LogP contribution in [-0.2, 0) is 14.8 Å². The smallest absolute Gasteiger partial charge is 0.325 e. The summed E-state index contributed by atoms with van der Waals surface area (Å²) in [7, 11) is -3.92. The van der Waals surface area contributed by atoms with Crippen LogP contribution in [0, 0.1) is 5.92 Å². The molecule has 0 bridgehead atoms. The average Bonchev–Trinajstić information content (AvgIpc) is 3.12. The molecule has 0 saturated heterocycles. The lowest BCUT2D eigenvalue weighted by Gasteiger charge is -2.37. The first-order valence-electron chi connectivity index (χ1n) is 9.52. The van der Waals surface area contributed by atoms with Crippen molar-refractivity contribution in [2.24, 2.45) is 5.92 Å². The molecule has 1 N–H and O–H groups in total. The van der Waals surface area contributed by atoms with Crippen LogP contribution in [0.4, 0.5) is 0 Å². The second-order valence-electron chi connectivity index (χ2n) is 7.81. The number of benzene rings is 2. The van der Waals surface area contributed by atoms with Gasteiger partial charge in [0.25, 0.3) is 0 Å². The van der Waals surface area contributed by atoms with Gasteiger partial charge in [-0.25, -0.2) is 8.42 Å². The molecule has 1 saturated carbocycles. The van der Waals surface area contributed by atoms with Gasteiger partial charge in [-0.1, -0.05) is 57.0 Å². The molecule has 2 aromatic rings. The van der Waals surface area contributed by atoms with Crippen molar-refractivity contribution in [3.8, 4) is 0 Å². The molecule has 0 spiro atoms. The molecule has 5 nitrogen and oxygen atoms in total. The first-order valence-corrected chi connectivity index (χ1v) is 11.0. The van der Waals surface area contributed by atoms with Crippen LogP contribution in [0.3, 0.4) is 0 Å². The number of sulfonamides is 1. The SMILES string of the molecule is CC(C)CCN(C1(C(=O)O)CCCC1)S(=O)(=O)c1ccc2ccccc2c1. The maximum atomic E-state index is 13.5. The summed E-state index contributed by atoms with van der Waals surface area (Å²) in [5, 5.41) is 11.8. The maximum absolute atomic E-state index is 13.5. The minimum Gasteiger partial charge on any atom is -0.480 e. The van der Waals surface area contributed by atoms with Crippen molar-refractivity contribution < 1.29 is 18.3 Å². The zero-order valence-electron chi connectivity index (χ0n) is 15.9. The van der Waals surface area contributed by atoms with Gasteiger partial charge >= 0.3 is 5.97 Å². The molecule has 1 aliphatic carbocycles. The van der Waals surface area contributed by atoms with Crippen LogP contribution in [0.1, 0.15) is 46.0 Å². The van der Waals surface area contributed by atoms with E-state index in [4.69, 9.17) is 0 Å². The van der Waals surface area contributed by atoms with E-state index in [-0.39, 0.29) is 17.4 Å². The molecule has 3 rings (SSSR count). The molecule has 0 amide bonds. The Morgan fingerprint density at radius 1 is 1.11 bits per heavy atom. The fraction of sp³-hybridized carbons (Fsp3) is 0.476. The molecule has 0 heterocycles. The Balaban J connectivity index is 2.09. The molecule has 1 aliphatic rings. The van der Waals surface area contributed by atoms with E-state index in [2.05, 4.69) is 0 Å². The summed E-state index contributed by atoms with van der Waals surface area (Å²) in [6, 6.07) is 12.6. The number of carboxylic acids is 1. The number of carboxylic acid groups (broad SMARTS) is 1. The molecular weight excluding hydrogens is 362 g/mol. The zero-order valence-corrected chi connectivity index (χ0v) is 16.7. The number of hydrogen-bond acceptors (Lipinski definition) is 3. The van der Waals surface area contributed by atoms with Gasteiger partial charge in [-0.3, -0.25) is 4.79 Å². The van der Waals surface area contributed by atoms with E-state index in [9.17, 15) is 18.3 Å². The summed E-state index contributed by atoms with van der Waals surface area (Å²) in [5.41, 5.74) is -1.33. The largest absolute Gasteiger partial charge is 0.480 e. The topological polar surface area (TPSA) is 74.7 Å². The Hall–Kier alpha value is -1.92. The normalized spacial score (nSPS) is 17.0. The third-order valence-electron chi connectivity index (χ3n) is 5.52. The minimum absolute atomic E-state index is 0.164. The van der Waals surface area contributed by atoms with E-state index in [1.807, 2.05) is 38.1 Å². The van der Waals surface area contributed by atoms with Crippen molar-refractivity contribution in [1.82, 2.24) is 4.31 Å². The molecule has 0 atom stereocenters. The van der Waals surface area contributed by atoms with Crippen LogP contribution in [-0.4, -0.2) is 35.9 Å². The van der Waals surface area contributed by atoms with E-state index in [0.717, 1.165) is 23.6 Å². The lowest BCUT2D eigenvalue weighted by molar-refractivity contribution is -0.148. The highest BCUT2D eigenvalue weighted by Crippen LogP contribution is 2.39. The predicted molar refractivity (Wildman–Crippen MR) is 106 cm³/mol. The van der Waals surface area contributed by atoms with Gasteiger partial charge < -0.3 is 5.11 Å². The molecule has 27 heavy (non-hydrogen) atoms. The van der Waals surface area contributed by atoms with Gasteiger partial charge in [0.2, 0.25) is 10.0 Å². The summed E-state index contributed by atoms with van der Waals surface area (Å²) in [4.78, 5) is 12.4. The van der Waals surface area contributed by atoms with Gasteiger partial charge in [0.15, 0.2) is 0 Å². The van der Waals surface area contributed by atoms with Gasteiger partial charge in [0.05, 0.1) is 4.90 Å². The van der Waals surface area contributed by atoms with Gasteiger partial charge in [-0.05, 0) is 48.1 Å². The summed E-state index contributed by atoms with van der Waals surface area (Å²) in [5.74, 6) is -0.750. The highest BCUT2D eigenvalue weighted by molar-refractivity contribution is 7.89. The van der Waals surface area contributed by atoms with Crippen molar-refractivity contribution in [3.63, 3.8) is 0 Å². The quantitative estimate of drug-likeness (QED) is 0.767. The number of hydrogen-bond donors (Lipinski definition) is 1. The van der Waals surface area contributed by atoms with Crippen LogP contribution < -0.4 is 0 Å². The third kappa shape index (κ3) is 3.73. The van der Waals surface area contributed by atoms with Crippen LogP contribution in [0.15, 0.2) is 47.4 Å². The standard InChI is InChI=1S/C21H27NO4S/c1-16(2)11-14-22(21(20(23)24)12-5-6-13-21)27(25,26)19-10-9-17-7-3-4-8-18(17)15-19/h3-4,7-10,15-16H,5-6,11-14H2,1-2H3,(H,23,24). The summed E-state index contributed by atoms with van der Waals surface area (Å²) in [6.45, 7) is 4.25. The predicted octanol–water partition coefficient (Wildman–Crippen LogP) is 4.27. The summed E-state index contributed by atoms with van der Waals surface area (Å²) < 4.78 is 28.4. The van der Waals surface area contributed by atoms with Gasteiger partial charge in [-0.15, -0.1) is 0 Å². The number of fused-ring (bicyclic) bond motifs is 1. The molecule has 146 valence electrons. The fourth-order valence-corrected chi connectivity index (χ4v) is 5.76. The first kappa shape index (κ1) is 19.8. The first-order chi connectivity index (χ1) is 12.8. The molecule has 0 radical (unpaired) electrons. The Morgan fingerprint density at radius 2 is 1.74 bits per heavy atom. The third-order valence-corrected chi connectivity index (χ3v) is 7.49. The number of rotatable bonds is 7. The molecule has 6 heteroatoms. The van der Waals surface area contributed by atoms with Gasteiger partial charge in [0.1, 0.15) is 5.54 Å². The Labute approximate surface area is 161 Å². The molecule has 0 aliphatic heterocycles. The van der Waals surface area contributed by atoms with Gasteiger partial charge in [-0.2, -0.15) is 4.31 Å². The van der Waals surface area contributed by atoms with Crippen LogP contribution in [0.5, 0.6) is 0 Å². The maximum Gasteiger partial charge on any atom is 0.325 e. The number of nitrogens with zero attached hydrogens (tertiary/aromatic N) is 1. The zero-order chi connectivity index (χ0) is 19.7. The van der Waals surface area contributed by atoms with Crippen molar-refractivity contribution in [2.45, 2.75) is 56.4 Å². The van der Waals surface area contributed by atoms with Crippen molar-refractivity contribution in [1.29, 1.82) is 0 Å². The van der Waals surface area contributed by atoms with Crippen LogP contribution >= 0.6 is 0 Å². The van der Waals surface area contributed by atoms with E-state index in [1.165, 1.54) is 4.31 Å². The van der Waals surface area contributed by atoms with Crippen LogP contribution in [0.25, 0.3) is 10.8 Å². The number of aliphatic carboxylic acids is 1. The Morgan fingerprint density at radius 3 is 2.33 bits per heavy atom. The monoisotopic (exact) mass is 389 g/mol. The van der Waals surface area contributed by atoms with Crippen LogP contribution in [0.2, 0.25) is 0 Å². The van der Waals surface area contributed by atoms with E-state index in [0.29, 0.717) is 19.3 Å². The molecular formula is C21H27NO4S. The van der Waals surface area contributed by atoms with E-state index in [1.54, 1.807) is 18.2 Å². The average molecular weight is 390 g/mol. The molecule has 2 aromatic carbocycles. The number of carbonyl (C=O) groups is 1. The van der Waals surface area contributed by atoms with Crippen molar-refractivity contribution in [2.75, 3.05) is 6.54 Å². The van der Waals surface area contributed by atoms with Crippen molar-refractivity contribution >= 4 is 26.8 Å². The Kier molecular flexibility index (Phi) is 5.58. The minimum atomic E-state index is -3.92. The lowest BCUT2D eigenvalue weighted by Crippen LogP contribution is -2.55. The molecule has 0 unspecified atom stereocenters. The fourth-order valence-electron chi connectivity index (χ4n) is 3.92. The lowest BCUT2D eigenvalue weighted by atomic mass is 9.97. The molecule has 0 aromatic heterocycles. The van der Waals surface area contributed by atoms with Gasteiger partial charge in [0, 0.05) is 6.54 Å². The second kappa shape index (κ2) is 7.60. The molecule has 1 fully saturated rings. The highest BCUT2D eigenvalue weighted by atomic mass is 32.2. The summed E-state index contributed by atoms with van der Waals surface area (Å²) in [6.07, 6.45) is 2.83.